The van der Waals surface area contributed by atoms with Crippen molar-refractivity contribution in [3.63, 3.8) is 0 Å². The summed E-state index contributed by atoms with van der Waals surface area (Å²) in [5, 5.41) is 3.03. The largest absolute Gasteiger partial charge is 0.283 e. The van der Waals surface area contributed by atoms with Gasteiger partial charge in [-0.2, -0.15) is 0 Å². The summed E-state index contributed by atoms with van der Waals surface area (Å²) in [7, 11) is 0. The third-order valence-electron chi connectivity index (χ3n) is 5.76. The van der Waals surface area contributed by atoms with Gasteiger partial charge in [-0.15, -0.1) is 0 Å². The first kappa shape index (κ1) is 20.4. The highest BCUT2D eigenvalue weighted by molar-refractivity contribution is 7.22. The smallest absolute Gasteiger partial charge is 0.233 e. The number of carbonyl (C=O) groups excluding carboxylic acids is 1. The second kappa shape index (κ2) is 8.56. The second-order valence-electron chi connectivity index (χ2n) is 8.21. The molecular formula is C28H24N2OS. The van der Waals surface area contributed by atoms with Crippen LogP contribution in [0.5, 0.6) is 0 Å². The van der Waals surface area contributed by atoms with E-state index in [0.717, 1.165) is 42.8 Å². The van der Waals surface area contributed by atoms with E-state index in [0.29, 0.717) is 13.0 Å². The molecule has 1 amide bonds. The number of benzene rings is 4. The highest BCUT2D eigenvalue weighted by Gasteiger charge is 2.22. The average molecular weight is 437 g/mol. The van der Waals surface area contributed by atoms with Crippen LogP contribution in [0.15, 0.2) is 84.9 Å². The molecule has 0 spiro atoms. The maximum absolute atomic E-state index is 13.7. The molecule has 0 saturated heterocycles. The molecule has 4 heteroatoms. The van der Waals surface area contributed by atoms with Crippen molar-refractivity contribution < 1.29 is 4.79 Å². The van der Waals surface area contributed by atoms with Crippen LogP contribution in [0, 0.1) is 13.8 Å². The van der Waals surface area contributed by atoms with E-state index in [4.69, 9.17) is 4.98 Å². The van der Waals surface area contributed by atoms with E-state index < -0.39 is 0 Å². The highest BCUT2D eigenvalue weighted by atomic mass is 32.1. The molecule has 0 saturated carbocycles. The minimum atomic E-state index is 0.0543. The summed E-state index contributed by atoms with van der Waals surface area (Å²) in [4.78, 5) is 20.4. The lowest BCUT2D eigenvalue weighted by Gasteiger charge is -2.20. The monoisotopic (exact) mass is 436 g/mol. The Morgan fingerprint density at radius 1 is 0.906 bits per heavy atom. The van der Waals surface area contributed by atoms with Gasteiger partial charge < -0.3 is 0 Å². The molecule has 158 valence electrons. The summed E-state index contributed by atoms with van der Waals surface area (Å²) in [6.07, 6.45) is 0.335. The fourth-order valence-electron chi connectivity index (χ4n) is 4.21. The van der Waals surface area contributed by atoms with Gasteiger partial charge in [-0.25, -0.2) is 4.98 Å². The molecule has 0 aliphatic heterocycles. The number of anilines is 1. The molecule has 1 heterocycles. The molecule has 0 unspecified atom stereocenters. The third-order valence-corrected chi connectivity index (χ3v) is 6.78. The van der Waals surface area contributed by atoms with Crippen LogP contribution >= 0.6 is 11.3 Å². The van der Waals surface area contributed by atoms with Crippen molar-refractivity contribution in [3.8, 4) is 0 Å². The zero-order chi connectivity index (χ0) is 22.1. The van der Waals surface area contributed by atoms with E-state index in [2.05, 4.69) is 56.3 Å². The molecular weight excluding hydrogens is 412 g/mol. The molecule has 0 aliphatic rings. The van der Waals surface area contributed by atoms with Crippen molar-refractivity contribution in [3.05, 3.63) is 107 Å². The average Bonchev–Trinajstić information content (AvgIpc) is 3.22. The van der Waals surface area contributed by atoms with Gasteiger partial charge in [0, 0.05) is 0 Å². The predicted octanol–water partition coefficient (Wildman–Crippen LogP) is 6.84. The molecule has 5 aromatic rings. The fraction of sp³-hybridized carbons (Fsp3) is 0.143. The Morgan fingerprint density at radius 2 is 1.66 bits per heavy atom. The Labute approximate surface area is 192 Å². The second-order valence-corrected chi connectivity index (χ2v) is 9.21. The summed E-state index contributed by atoms with van der Waals surface area (Å²) in [5.74, 6) is 0.0543. The van der Waals surface area contributed by atoms with Crippen LogP contribution in [-0.4, -0.2) is 10.9 Å². The van der Waals surface area contributed by atoms with Crippen molar-refractivity contribution in [2.24, 2.45) is 0 Å². The molecule has 3 nitrogen and oxygen atoms in total. The number of amides is 1. The van der Waals surface area contributed by atoms with E-state index in [1.54, 1.807) is 11.3 Å². The Bertz CT molecular complexity index is 1420. The van der Waals surface area contributed by atoms with Crippen LogP contribution in [0.3, 0.4) is 0 Å². The van der Waals surface area contributed by atoms with E-state index >= 15 is 0 Å². The van der Waals surface area contributed by atoms with Gasteiger partial charge in [0.25, 0.3) is 0 Å². The van der Waals surface area contributed by atoms with Crippen molar-refractivity contribution >= 4 is 43.4 Å². The number of rotatable bonds is 5. The normalized spacial score (nSPS) is 11.2. The zero-order valence-corrected chi connectivity index (χ0v) is 19.0. The van der Waals surface area contributed by atoms with Crippen LogP contribution < -0.4 is 4.90 Å². The number of hydrogen-bond acceptors (Lipinski definition) is 3. The van der Waals surface area contributed by atoms with Gasteiger partial charge in [-0.1, -0.05) is 90.2 Å². The van der Waals surface area contributed by atoms with E-state index in [1.807, 2.05) is 47.4 Å². The molecule has 0 bridgehead atoms. The molecule has 0 fully saturated rings. The van der Waals surface area contributed by atoms with Crippen LogP contribution in [0.4, 0.5) is 5.13 Å². The molecule has 4 aromatic carbocycles. The summed E-state index contributed by atoms with van der Waals surface area (Å²) in [6, 6.07) is 28.8. The van der Waals surface area contributed by atoms with Crippen LogP contribution in [0.2, 0.25) is 0 Å². The quantitative estimate of drug-likeness (QED) is 0.302. The number of fused-ring (bicyclic) bond motifs is 2. The van der Waals surface area contributed by atoms with Crippen molar-refractivity contribution in [1.29, 1.82) is 0 Å². The summed E-state index contributed by atoms with van der Waals surface area (Å²) < 4.78 is 1.12. The molecule has 1 aromatic heterocycles. The first-order valence-electron chi connectivity index (χ1n) is 10.8. The van der Waals surface area contributed by atoms with Gasteiger partial charge in [0.1, 0.15) is 0 Å². The van der Waals surface area contributed by atoms with Gasteiger partial charge in [-0.3, -0.25) is 9.69 Å². The van der Waals surface area contributed by atoms with Gasteiger partial charge in [0.15, 0.2) is 5.13 Å². The lowest BCUT2D eigenvalue weighted by molar-refractivity contribution is -0.118. The van der Waals surface area contributed by atoms with Crippen LogP contribution in [0.1, 0.15) is 22.3 Å². The number of hydrogen-bond donors (Lipinski definition) is 0. The summed E-state index contributed by atoms with van der Waals surface area (Å²) in [5.41, 5.74) is 5.46. The number of thiazole rings is 1. The Hall–Kier alpha value is -3.50. The van der Waals surface area contributed by atoms with Crippen LogP contribution in [0.25, 0.3) is 21.0 Å². The van der Waals surface area contributed by atoms with Gasteiger partial charge in [0.2, 0.25) is 5.91 Å². The number of aryl methyl sites for hydroxylation is 2. The fourth-order valence-corrected chi connectivity index (χ4v) is 5.37. The Kier molecular flexibility index (Phi) is 5.46. The number of nitrogens with zero attached hydrogens (tertiary/aromatic N) is 2. The molecule has 0 atom stereocenters. The summed E-state index contributed by atoms with van der Waals surface area (Å²) in [6.45, 7) is 4.68. The topological polar surface area (TPSA) is 33.2 Å². The van der Waals surface area contributed by atoms with Gasteiger partial charge in [-0.05, 0) is 52.9 Å². The Balaban J connectivity index is 1.55. The molecule has 0 radical (unpaired) electrons. The van der Waals surface area contributed by atoms with Gasteiger partial charge in [0.05, 0.1) is 23.2 Å². The van der Waals surface area contributed by atoms with E-state index in [-0.39, 0.29) is 5.91 Å². The maximum atomic E-state index is 13.7. The number of aromatic nitrogens is 1. The molecule has 0 aliphatic carbocycles. The standard InChI is InChI=1S/C28H24N2OS/c1-19-15-20(2)27-25(16-19)32-28(29-27)30(18-21-9-4-3-5-10-21)26(31)17-23-13-8-12-22-11-6-7-14-24(22)23/h3-16H,17-18H2,1-2H3. The molecule has 32 heavy (non-hydrogen) atoms. The van der Waals surface area contributed by atoms with Crippen molar-refractivity contribution in [2.45, 2.75) is 26.8 Å². The minimum absolute atomic E-state index is 0.0543. The molecule has 0 N–H and O–H groups in total. The lowest BCUT2D eigenvalue weighted by Crippen LogP contribution is -2.31. The molecule has 5 rings (SSSR count). The maximum Gasteiger partial charge on any atom is 0.233 e. The van der Waals surface area contributed by atoms with E-state index in [1.165, 1.54) is 5.56 Å². The third kappa shape index (κ3) is 4.02. The zero-order valence-electron chi connectivity index (χ0n) is 18.2. The predicted molar refractivity (Wildman–Crippen MR) is 134 cm³/mol. The lowest BCUT2D eigenvalue weighted by atomic mass is 10.0. The Morgan fingerprint density at radius 3 is 2.50 bits per heavy atom. The number of carbonyl (C=O) groups is 1. The van der Waals surface area contributed by atoms with Crippen molar-refractivity contribution in [2.75, 3.05) is 4.90 Å². The first-order valence-corrected chi connectivity index (χ1v) is 11.6. The summed E-state index contributed by atoms with van der Waals surface area (Å²) >= 11 is 1.59. The van der Waals surface area contributed by atoms with Crippen molar-refractivity contribution in [1.82, 2.24) is 4.98 Å². The SMILES string of the molecule is Cc1cc(C)c2nc(N(Cc3ccccc3)C(=O)Cc3cccc4ccccc34)sc2c1. The van der Waals surface area contributed by atoms with Crippen LogP contribution in [-0.2, 0) is 17.8 Å². The first-order chi connectivity index (χ1) is 15.6. The minimum Gasteiger partial charge on any atom is -0.283 e. The van der Waals surface area contributed by atoms with Gasteiger partial charge >= 0.3 is 0 Å². The van der Waals surface area contributed by atoms with E-state index in [9.17, 15) is 4.79 Å². The highest BCUT2D eigenvalue weighted by Crippen LogP contribution is 2.33.